The normalized spacial score (nSPS) is 11.8. The highest BCUT2D eigenvalue weighted by molar-refractivity contribution is 6.35. The molecule has 24 heavy (non-hydrogen) atoms. The Morgan fingerprint density at radius 1 is 1.08 bits per heavy atom. The molecule has 2 N–H and O–H groups in total. The van der Waals surface area contributed by atoms with E-state index in [2.05, 4.69) is 5.32 Å². The van der Waals surface area contributed by atoms with E-state index in [1.165, 1.54) is 0 Å². The highest BCUT2D eigenvalue weighted by Crippen LogP contribution is 2.22. The number of hydrogen-bond donors (Lipinski definition) is 2. The maximum absolute atomic E-state index is 12.0. The largest absolute Gasteiger partial charge is 0.480 e. The van der Waals surface area contributed by atoms with Crippen molar-refractivity contribution in [2.24, 2.45) is 0 Å². The maximum atomic E-state index is 12.0. The number of hydrogen-bond acceptors (Lipinski definition) is 2. The van der Waals surface area contributed by atoms with E-state index >= 15 is 0 Å². The van der Waals surface area contributed by atoms with Crippen LogP contribution in [-0.2, 0) is 22.4 Å². The summed E-state index contributed by atoms with van der Waals surface area (Å²) in [6.07, 6.45) is 0.880. The van der Waals surface area contributed by atoms with Gasteiger partial charge in [0.05, 0.1) is 0 Å². The third-order valence-corrected chi connectivity index (χ3v) is 4.14. The summed E-state index contributed by atoms with van der Waals surface area (Å²) in [6.45, 7) is 0. The molecule has 0 radical (unpaired) electrons. The van der Waals surface area contributed by atoms with Crippen molar-refractivity contribution in [1.82, 2.24) is 5.32 Å². The van der Waals surface area contributed by atoms with Gasteiger partial charge in [-0.1, -0.05) is 59.6 Å². The predicted molar refractivity (Wildman–Crippen MR) is 94.5 cm³/mol. The Balaban J connectivity index is 1.95. The molecule has 1 atom stereocenters. The van der Waals surface area contributed by atoms with Gasteiger partial charge in [-0.25, -0.2) is 4.79 Å². The smallest absolute Gasteiger partial charge is 0.326 e. The molecule has 4 nitrogen and oxygen atoms in total. The van der Waals surface area contributed by atoms with Gasteiger partial charge in [0, 0.05) is 22.9 Å². The van der Waals surface area contributed by atoms with Crippen LogP contribution in [-0.4, -0.2) is 23.0 Å². The molecular formula is C18H17Cl2NO3. The molecule has 0 heterocycles. The molecular weight excluding hydrogens is 349 g/mol. The quantitative estimate of drug-likeness (QED) is 0.785. The van der Waals surface area contributed by atoms with Crippen LogP contribution < -0.4 is 5.32 Å². The molecule has 0 aliphatic rings. The average Bonchev–Trinajstić information content (AvgIpc) is 2.55. The third kappa shape index (κ3) is 5.55. The molecule has 0 aliphatic heterocycles. The van der Waals surface area contributed by atoms with Crippen molar-refractivity contribution in [3.8, 4) is 0 Å². The van der Waals surface area contributed by atoms with Crippen LogP contribution in [0.5, 0.6) is 0 Å². The number of halogens is 2. The molecule has 0 saturated carbocycles. The lowest BCUT2D eigenvalue weighted by Gasteiger charge is -2.15. The number of carboxylic acids is 1. The van der Waals surface area contributed by atoms with Gasteiger partial charge in [0.25, 0.3) is 0 Å². The number of benzene rings is 2. The molecule has 0 fully saturated rings. The third-order valence-electron chi connectivity index (χ3n) is 3.56. The fourth-order valence-corrected chi connectivity index (χ4v) is 2.76. The summed E-state index contributed by atoms with van der Waals surface area (Å²) < 4.78 is 0. The highest BCUT2D eigenvalue weighted by atomic mass is 35.5. The van der Waals surface area contributed by atoms with Crippen LogP contribution in [0.3, 0.4) is 0 Å². The van der Waals surface area contributed by atoms with Crippen LogP contribution in [0.1, 0.15) is 17.5 Å². The minimum atomic E-state index is -1.10. The molecule has 0 bridgehead atoms. The van der Waals surface area contributed by atoms with Crippen LogP contribution >= 0.6 is 23.2 Å². The Morgan fingerprint density at radius 2 is 1.79 bits per heavy atom. The Morgan fingerprint density at radius 3 is 2.42 bits per heavy atom. The van der Waals surface area contributed by atoms with E-state index < -0.39 is 12.0 Å². The Kier molecular flexibility index (Phi) is 6.64. The number of aryl methyl sites for hydroxylation is 1. The SMILES string of the molecule is O=C(CCc1ccccc1)N[C@H](Cc1ccc(Cl)cc1Cl)C(=O)O. The molecule has 0 aromatic heterocycles. The molecule has 2 aromatic carbocycles. The van der Waals surface area contributed by atoms with Gasteiger partial charge in [-0.3, -0.25) is 4.79 Å². The molecule has 0 unspecified atom stereocenters. The van der Waals surface area contributed by atoms with E-state index in [9.17, 15) is 14.7 Å². The van der Waals surface area contributed by atoms with Gasteiger partial charge in [-0.2, -0.15) is 0 Å². The van der Waals surface area contributed by atoms with Crippen molar-refractivity contribution < 1.29 is 14.7 Å². The second-order valence-corrected chi connectivity index (χ2v) is 6.23. The summed E-state index contributed by atoms with van der Waals surface area (Å²) in [4.78, 5) is 23.4. The van der Waals surface area contributed by atoms with Crippen molar-refractivity contribution in [3.05, 3.63) is 69.7 Å². The van der Waals surface area contributed by atoms with Crippen LogP contribution in [0, 0.1) is 0 Å². The fraction of sp³-hybridized carbons (Fsp3) is 0.222. The van der Waals surface area contributed by atoms with Gasteiger partial charge < -0.3 is 10.4 Å². The van der Waals surface area contributed by atoms with Crippen molar-refractivity contribution in [2.75, 3.05) is 0 Å². The summed E-state index contributed by atoms with van der Waals surface area (Å²) in [5.74, 6) is -1.41. The number of amides is 1. The van der Waals surface area contributed by atoms with Crippen molar-refractivity contribution in [2.45, 2.75) is 25.3 Å². The summed E-state index contributed by atoms with van der Waals surface area (Å²) in [6, 6.07) is 13.4. The number of carbonyl (C=O) groups is 2. The molecule has 0 saturated heterocycles. The standard InChI is InChI=1S/C18H17Cl2NO3/c19-14-8-7-13(15(20)11-14)10-16(18(23)24)21-17(22)9-6-12-4-2-1-3-5-12/h1-5,7-8,11,16H,6,9-10H2,(H,21,22)(H,23,24)/t16-/m1/s1. The number of rotatable bonds is 7. The zero-order valence-corrected chi connectivity index (χ0v) is 14.3. The first-order valence-corrected chi connectivity index (χ1v) is 8.21. The number of aliphatic carboxylic acids is 1. The highest BCUT2D eigenvalue weighted by Gasteiger charge is 2.21. The lowest BCUT2D eigenvalue weighted by molar-refractivity contribution is -0.141. The number of nitrogens with one attached hydrogen (secondary N) is 1. The van der Waals surface area contributed by atoms with E-state index in [0.717, 1.165) is 5.56 Å². The van der Waals surface area contributed by atoms with Gasteiger partial charge in [0.15, 0.2) is 0 Å². The summed E-state index contributed by atoms with van der Waals surface area (Å²) in [5, 5.41) is 12.7. The summed E-state index contributed by atoms with van der Waals surface area (Å²) in [5.41, 5.74) is 1.65. The molecule has 6 heteroatoms. The molecule has 0 aliphatic carbocycles. The molecule has 126 valence electrons. The predicted octanol–water partition coefficient (Wildman–Crippen LogP) is 3.74. The van der Waals surface area contributed by atoms with Crippen LogP contribution in [0.15, 0.2) is 48.5 Å². The molecule has 2 aromatic rings. The minimum absolute atomic E-state index is 0.0996. The first-order chi connectivity index (χ1) is 11.5. The van der Waals surface area contributed by atoms with E-state index in [-0.39, 0.29) is 18.7 Å². The van der Waals surface area contributed by atoms with E-state index in [1.54, 1.807) is 18.2 Å². The lowest BCUT2D eigenvalue weighted by Crippen LogP contribution is -2.42. The Labute approximate surface area is 150 Å². The molecule has 1 amide bonds. The first-order valence-electron chi connectivity index (χ1n) is 7.45. The second kappa shape index (κ2) is 8.71. The van der Waals surface area contributed by atoms with Gasteiger partial charge in [0.1, 0.15) is 6.04 Å². The maximum Gasteiger partial charge on any atom is 0.326 e. The second-order valence-electron chi connectivity index (χ2n) is 5.38. The fourth-order valence-electron chi connectivity index (χ4n) is 2.28. The zero-order valence-electron chi connectivity index (χ0n) is 12.8. The van der Waals surface area contributed by atoms with Gasteiger partial charge in [0.2, 0.25) is 5.91 Å². The van der Waals surface area contributed by atoms with Gasteiger partial charge >= 0.3 is 5.97 Å². The van der Waals surface area contributed by atoms with E-state index in [1.807, 2.05) is 30.3 Å². The monoisotopic (exact) mass is 365 g/mol. The Bertz CT molecular complexity index is 719. The van der Waals surface area contributed by atoms with E-state index in [0.29, 0.717) is 22.0 Å². The lowest BCUT2D eigenvalue weighted by atomic mass is 10.0. The van der Waals surface area contributed by atoms with Crippen molar-refractivity contribution in [3.63, 3.8) is 0 Å². The van der Waals surface area contributed by atoms with Crippen LogP contribution in [0.25, 0.3) is 0 Å². The van der Waals surface area contributed by atoms with Gasteiger partial charge in [-0.15, -0.1) is 0 Å². The molecule has 0 spiro atoms. The minimum Gasteiger partial charge on any atom is -0.480 e. The average molecular weight is 366 g/mol. The van der Waals surface area contributed by atoms with Gasteiger partial charge in [-0.05, 0) is 29.7 Å². The van der Waals surface area contributed by atoms with Crippen molar-refractivity contribution >= 4 is 35.1 Å². The summed E-state index contributed by atoms with van der Waals surface area (Å²) >= 11 is 11.9. The number of carboxylic acid groups (broad SMARTS) is 1. The zero-order chi connectivity index (χ0) is 17.5. The van der Waals surface area contributed by atoms with Crippen LogP contribution in [0.2, 0.25) is 10.0 Å². The number of carbonyl (C=O) groups excluding carboxylic acids is 1. The Hall–Kier alpha value is -2.04. The van der Waals surface area contributed by atoms with Crippen molar-refractivity contribution in [1.29, 1.82) is 0 Å². The van der Waals surface area contributed by atoms with E-state index in [4.69, 9.17) is 23.2 Å². The van der Waals surface area contributed by atoms with Crippen LogP contribution in [0.4, 0.5) is 0 Å². The topological polar surface area (TPSA) is 66.4 Å². The first kappa shape index (κ1) is 18.3. The molecule has 2 rings (SSSR count). The summed E-state index contributed by atoms with van der Waals surface area (Å²) in [7, 11) is 0.